The molecule has 0 radical (unpaired) electrons. The van der Waals surface area contributed by atoms with Crippen LogP contribution < -0.4 is 0 Å². The van der Waals surface area contributed by atoms with Crippen molar-refractivity contribution in [2.24, 2.45) is 0 Å². The summed E-state index contributed by atoms with van der Waals surface area (Å²) in [6.45, 7) is 7.53. The van der Waals surface area contributed by atoms with Crippen molar-refractivity contribution in [2.45, 2.75) is 39.3 Å². The number of amides is 1. The number of carbonyl (C=O) groups is 2. The van der Waals surface area contributed by atoms with Gasteiger partial charge in [0, 0.05) is 6.54 Å². The van der Waals surface area contributed by atoms with Gasteiger partial charge in [0.2, 0.25) is 0 Å². The Labute approximate surface area is 101 Å². The highest BCUT2D eigenvalue weighted by Crippen LogP contribution is 2.22. The average molecular weight is 241 g/mol. The predicted molar refractivity (Wildman–Crippen MR) is 62.5 cm³/mol. The van der Waals surface area contributed by atoms with Gasteiger partial charge in [-0.25, -0.2) is 9.59 Å². The van der Waals surface area contributed by atoms with Gasteiger partial charge in [0.15, 0.2) is 6.04 Å². The van der Waals surface area contributed by atoms with Crippen LogP contribution >= 0.6 is 0 Å². The summed E-state index contributed by atoms with van der Waals surface area (Å²) in [5.41, 5.74) is 0.233. The van der Waals surface area contributed by atoms with E-state index in [1.165, 1.54) is 12.0 Å². The molecule has 5 heteroatoms. The van der Waals surface area contributed by atoms with E-state index in [2.05, 4.69) is 4.74 Å². The molecule has 0 fully saturated rings. The second-order valence-corrected chi connectivity index (χ2v) is 5.01. The van der Waals surface area contributed by atoms with Gasteiger partial charge in [0.05, 0.1) is 7.11 Å². The summed E-state index contributed by atoms with van der Waals surface area (Å²) >= 11 is 0. The minimum Gasteiger partial charge on any atom is -0.467 e. The lowest BCUT2D eigenvalue weighted by atomic mass is 10.1. The van der Waals surface area contributed by atoms with Gasteiger partial charge in [-0.05, 0) is 33.3 Å². The summed E-state index contributed by atoms with van der Waals surface area (Å²) in [4.78, 5) is 24.9. The van der Waals surface area contributed by atoms with Crippen LogP contribution in [-0.4, -0.2) is 42.3 Å². The molecular weight excluding hydrogens is 222 g/mol. The van der Waals surface area contributed by atoms with Gasteiger partial charge >= 0.3 is 12.1 Å². The van der Waals surface area contributed by atoms with Gasteiger partial charge in [-0.2, -0.15) is 0 Å². The first-order valence-electron chi connectivity index (χ1n) is 5.50. The van der Waals surface area contributed by atoms with Crippen LogP contribution in [0.4, 0.5) is 4.79 Å². The summed E-state index contributed by atoms with van der Waals surface area (Å²) in [6, 6.07) is -0.658. The molecule has 0 aromatic heterocycles. The van der Waals surface area contributed by atoms with Crippen molar-refractivity contribution >= 4 is 12.1 Å². The summed E-state index contributed by atoms with van der Waals surface area (Å²) in [6.07, 6.45) is 1.33. The Bertz CT molecular complexity index is 354. The number of carbonyl (C=O) groups excluding carboxylic acids is 2. The standard InChI is InChI=1S/C12H19NO4/c1-8-6-7-13(9(8)10(14)16-5)11(15)17-12(2,3)4/h6,9H,7H2,1-5H3/t9-/m0/s1. The zero-order chi connectivity index (χ0) is 13.2. The van der Waals surface area contributed by atoms with Crippen molar-refractivity contribution in [1.82, 2.24) is 4.90 Å². The number of methoxy groups -OCH3 is 1. The molecule has 0 spiro atoms. The molecule has 1 heterocycles. The quantitative estimate of drug-likeness (QED) is 0.518. The molecule has 1 amide bonds. The van der Waals surface area contributed by atoms with Gasteiger partial charge in [-0.3, -0.25) is 4.90 Å². The summed E-state index contributed by atoms with van der Waals surface area (Å²) in [5, 5.41) is 0. The first kappa shape index (κ1) is 13.5. The Kier molecular flexibility index (Phi) is 3.80. The lowest BCUT2D eigenvalue weighted by Crippen LogP contribution is -2.45. The third-order valence-electron chi connectivity index (χ3n) is 2.41. The van der Waals surface area contributed by atoms with E-state index in [0.717, 1.165) is 5.57 Å². The van der Waals surface area contributed by atoms with Crippen LogP contribution in [0.5, 0.6) is 0 Å². The van der Waals surface area contributed by atoms with E-state index in [1.807, 2.05) is 6.08 Å². The SMILES string of the molecule is COC(=O)[C@@H]1C(C)=CCN1C(=O)OC(C)(C)C. The second-order valence-electron chi connectivity index (χ2n) is 5.01. The maximum absolute atomic E-state index is 11.9. The Hall–Kier alpha value is -1.52. The van der Waals surface area contributed by atoms with Crippen LogP contribution in [0.15, 0.2) is 11.6 Å². The van der Waals surface area contributed by atoms with Crippen LogP contribution in [0.1, 0.15) is 27.7 Å². The number of esters is 1. The molecular formula is C12H19NO4. The Balaban J connectivity index is 2.78. The summed E-state index contributed by atoms with van der Waals surface area (Å²) < 4.78 is 9.93. The van der Waals surface area contributed by atoms with Gasteiger partial charge in [-0.1, -0.05) is 6.08 Å². The summed E-state index contributed by atoms with van der Waals surface area (Å²) in [5.74, 6) is -0.442. The lowest BCUT2D eigenvalue weighted by molar-refractivity contribution is -0.144. The van der Waals surface area contributed by atoms with Crippen molar-refractivity contribution in [3.63, 3.8) is 0 Å². The van der Waals surface area contributed by atoms with Gasteiger partial charge in [0.1, 0.15) is 5.60 Å². The molecule has 0 saturated carbocycles. The molecule has 0 N–H and O–H groups in total. The largest absolute Gasteiger partial charge is 0.467 e. The number of hydrogen-bond acceptors (Lipinski definition) is 4. The van der Waals surface area contributed by atoms with E-state index in [-0.39, 0.29) is 0 Å². The lowest BCUT2D eigenvalue weighted by Gasteiger charge is -2.28. The van der Waals surface area contributed by atoms with Crippen LogP contribution in [0.2, 0.25) is 0 Å². The fraction of sp³-hybridized carbons (Fsp3) is 0.667. The van der Waals surface area contributed by atoms with Crippen molar-refractivity contribution < 1.29 is 19.1 Å². The number of hydrogen-bond donors (Lipinski definition) is 0. The third-order valence-corrected chi connectivity index (χ3v) is 2.41. The smallest absolute Gasteiger partial charge is 0.411 e. The number of nitrogens with zero attached hydrogens (tertiary/aromatic N) is 1. The molecule has 0 saturated heterocycles. The fourth-order valence-corrected chi connectivity index (χ4v) is 1.63. The zero-order valence-electron chi connectivity index (χ0n) is 10.9. The first-order chi connectivity index (χ1) is 7.76. The minimum atomic E-state index is -0.658. The maximum atomic E-state index is 11.9. The van der Waals surface area contributed by atoms with E-state index >= 15 is 0 Å². The van der Waals surface area contributed by atoms with Crippen LogP contribution in [0.25, 0.3) is 0 Å². The van der Waals surface area contributed by atoms with E-state index in [9.17, 15) is 9.59 Å². The van der Waals surface area contributed by atoms with Gasteiger partial charge in [-0.15, -0.1) is 0 Å². The van der Waals surface area contributed by atoms with E-state index < -0.39 is 23.7 Å². The molecule has 17 heavy (non-hydrogen) atoms. The molecule has 5 nitrogen and oxygen atoms in total. The van der Waals surface area contributed by atoms with Gasteiger partial charge in [0.25, 0.3) is 0 Å². The number of ether oxygens (including phenoxy) is 2. The van der Waals surface area contributed by atoms with Crippen LogP contribution in [-0.2, 0) is 14.3 Å². The minimum absolute atomic E-state index is 0.376. The van der Waals surface area contributed by atoms with Crippen LogP contribution in [0.3, 0.4) is 0 Å². The van der Waals surface area contributed by atoms with Crippen molar-refractivity contribution in [2.75, 3.05) is 13.7 Å². The average Bonchev–Trinajstić information content (AvgIpc) is 2.56. The molecule has 1 aliphatic rings. The molecule has 1 aliphatic heterocycles. The molecule has 0 unspecified atom stereocenters. The molecule has 0 aromatic carbocycles. The summed E-state index contributed by atoms with van der Waals surface area (Å²) in [7, 11) is 1.31. The van der Waals surface area contributed by atoms with Crippen molar-refractivity contribution in [3.8, 4) is 0 Å². The van der Waals surface area contributed by atoms with Gasteiger partial charge < -0.3 is 9.47 Å². The second kappa shape index (κ2) is 4.77. The molecule has 96 valence electrons. The topological polar surface area (TPSA) is 55.8 Å². The van der Waals surface area contributed by atoms with E-state index in [4.69, 9.17) is 4.74 Å². The highest BCUT2D eigenvalue weighted by atomic mass is 16.6. The predicted octanol–water partition coefficient (Wildman–Crippen LogP) is 1.72. The van der Waals surface area contributed by atoms with E-state index in [1.54, 1.807) is 27.7 Å². The van der Waals surface area contributed by atoms with E-state index in [0.29, 0.717) is 6.54 Å². The third kappa shape index (κ3) is 3.22. The monoisotopic (exact) mass is 241 g/mol. The molecule has 1 rings (SSSR count). The molecule has 0 aromatic rings. The Morgan fingerprint density at radius 1 is 1.41 bits per heavy atom. The van der Waals surface area contributed by atoms with Crippen molar-refractivity contribution in [1.29, 1.82) is 0 Å². The molecule has 0 bridgehead atoms. The van der Waals surface area contributed by atoms with Crippen molar-refractivity contribution in [3.05, 3.63) is 11.6 Å². The fourth-order valence-electron chi connectivity index (χ4n) is 1.63. The normalized spacial score (nSPS) is 19.9. The molecule has 1 atom stereocenters. The molecule has 0 aliphatic carbocycles. The maximum Gasteiger partial charge on any atom is 0.411 e. The number of rotatable bonds is 1. The van der Waals surface area contributed by atoms with Crippen LogP contribution in [0, 0.1) is 0 Å². The Morgan fingerprint density at radius 3 is 2.47 bits per heavy atom. The first-order valence-corrected chi connectivity index (χ1v) is 5.50. The zero-order valence-corrected chi connectivity index (χ0v) is 10.9. The highest BCUT2D eigenvalue weighted by Gasteiger charge is 2.37. The highest BCUT2D eigenvalue weighted by molar-refractivity contribution is 5.85. The Morgan fingerprint density at radius 2 is 2.00 bits per heavy atom.